The van der Waals surface area contributed by atoms with Crippen LogP contribution in [0, 0.1) is 6.92 Å². The van der Waals surface area contributed by atoms with E-state index in [1.54, 1.807) is 43.1 Å². The van der Waals surface area contributed by atoms with E-state index in [4.69, 9.17) is 21.0 Å². The van der Waals surface area contributed by atoms with Gasteiger partial charge in [0.25, 0.3) is 11.5 Å². The SMILES string of the molecule is Cc1csc(-c2c3c(=O)n(C)c(=O)n(C)c3c3n2C[C@@H](CNC(=O)c2ccccc2)S[C@@H]3c2ccc(Cl)o2)n1. The highest BCUT2D eigenvalue weighted by Gasteiger charge is 2.38. The van der Waals surface area contributed by atoms with Crippen molar-refractivity contribution < 1.29 is 9.21 Å². The lowest BCUT2D eigenvalue weighted by Gasteiger charge is -2.31. The van der Waals surface area contributed by atoms with Crippen molar-refractivity contribution in [1.29, 1.82) is 0 Å². The van der Waals surface area contributed by atoms with Gasteiger partial charge < -0.3 is 14.3 Å². The molecule has 1 aliphatic heterocycles. The van der Waals surface area contributed by atoms with Gasteiger partial charge in [-0.2, -0.15) is 0 Å². The maximum atomic E-state index is 13.6. The van der Waals surface area contributed by atoms with E-state index in [0.717, 1.165) is 16.0 Å². The number of nitrogens with one attached hydrogen (secondary N) is 1. The predicted molar refractivity (Wildman–Crippen MR) is 154 cm³/mol. The first-order valence-corrected chi connectivity index (χ1v) is 14.4. The number of amides is 1. The zero-order valence-corrected chi connectivity index (χ0v) is 23.7. The number of fused-ring (bicyclic) bond motifs is 3. The lowest BCUT2D eigenvalue weighted by molar-refractivity contribution is 0.0953. The maximum absolute atomic E-state index is 13.6. The van der Waals surface area contributed by atoms with Crippen molar-refractivity contribution in [3.8, 4) is 10.7 Å². The number of halogens is 1. The lowest BCUT2D eigenvalue weighted by Crippen LogP contribution is -2.37. The molecule has 5 aromatic rings. The number of nitrogens with zero attached hydrogens (tertiary/aromatic N) is 4. The number of hydrogen-bond acceptors (Lipinski definition) is 7. The standard InChI is InChI=1S/C27H24ClN5O4S2/c1-14-13-38-25(30-14)21-19-20(31(2)27(36)32(3)26(19)35)22-23(17-9-10-18(28)37-17)39-16(12-33(21)22)11-29-24(34)15-7-5-4-6-8-15/h4-10,13,16,23H,11-12H2,1-3H3,(H,29,34)/t16-,23-/m1/s1. The van der Waals surface area contributed by atoms with E-state index in [1.165, 1.54) is 23.0 Å². The van der Waals surface area contributed by atoms with Gasteiger partial charge in [-0.15, -0.1) is 23.1 Å². The van der Waals surface area contributed by atoms with Crippen LogP contribution in [0.15, 0.2) is 61.9 Å². The fourth-order valence-corrected chi connectivity index (χ4v) is 7.50. The molecule has 0 spiro atoms. The third-order valence-corrected chi connectivity index (χ3v) is 9.47. The molecule has 2 atom stereocenters. The molecule has 200 valence electrons. The Balaban J connectivity index is 1.55. The molecule has 39 heavy (non-hydrogen) atoms. The Morgan fingerprint density at radius 2 is 1.92 bits per heavy atom. The molecule has 0 fully saturated rings. The first kappa shape index (κ1) is 25.7. The third kappa shape index (κ3) is 4.34. The average Bonchev–Trinajstić information content (AvgIpc) is 3.66. The fourth-order valence-electron chi connectivity index (χ4n) is 5.07. The molecular weight excluding hydrogens is 558 g/mol. The van der Waals surface area contributed by atoms with Gasteiger partial charge >= 0.3 is 5.69 Å². The number of thiazole rings is 1. The normalized spacial score (nSPS) is 16.9. The van der Waals surface area contributed by atoms with Crippen molar-refractivity contribution in [2.75, 3.05) is 6.54 Å². The summed E-state index contributed by atoms with van der Waals surface area (Å²) < 4.78 is 10.6. The molecule has 4 aromatic heterocycles. The van der Waals surface area contributed by atoms with Gasteiger partial charge in [0.2, 0.25) is 0 Å². The topological polar surface area (TPSA) is 104 Å². The highest BCUT2D eigenvalue weighted by Crippen LogP contribution is 2.49. The summed E-state index contributed by atoms with van der Waals surface area (Å²) in [6.45, 7) is 2.77. The molecule has 0 saturated heterocycles. The third-order valence-electron chi connectivity index (χ3n) is 6.87. The van der Waals surface area contributed by atoms with Crippen LogP contribution in [-0.2, 0) is 20.6 Å². The Morgan fingerprint density at radius 1 is 1.15 bits per heavy atom. The number of aromatic nitrogens is 4. The Hall–Kier alpha value is -3.54. The Kier molecular flexibility index (Phi) is 6.52. The van der Waals surface area contributed by atoms with Gasteiger partial charge in [-0.3, -0.25) is 18.7 Å². The summed E-state index contributed by atoms with van der Waals surface area (Å²) in [5, 5.41) is 5.88. The molecule has 0 bridgehead atoms. The molecule has 0 saturated carbocycles. The molecule has 1 N–H and O–H groups in total. The monoisotopic (exact) mass is 581 g/mol. The molecule has 0 aliphatic carbocycles. The van der Waals surface area contributed by atoms with Crippen LogP contribution in [0.3, 0.4) is 0 Å². The summed E-state index contributed by atoms with van der Waals surface area (Å²) >= 11 is 9.23. The number of rotatable bonds is 5. The van der Waals surface area contributed by atoms with E-state index < -0.39 is 5.69 Å². The quantitative estimate of drug-likeness (QED) is 0.331. The lowest BCUT2D eigenvalue weighted by atomic mass is 10.2. The van der Waals surface area contributed by atoms with E-state index in [9.17, 15) is 14.4 Å². The maximum Gasteiger partial charge on any atom is 0.331 e. The number of aryl methyl sites for hydroxylation is 2. The zero-order chi connectivity index (χ0) is 27.4. The van der Waals surface area contributed by atoms with Crippen LogP contribution in [0.25, 0.3) is 21.6 Å². The molecule has 1 aromatic carbocycles. The molecule has 0 unspecified atom stereocenters. The van der Waals surface area contributed by atoms with Gasteiger partial charge in [0.1, 0.15) is 16.0 Å². The summed E-state index contributed by atoms with van der Waals surface area (Å²) in [5.74, 6) is 0.434. The molecule has 12 heteroatoms. The second-order valence-electron chi connectivity index (χ2n) is 9.42. The minimum Gasteiger partial charge on any atom is -0.448 e. The van der Waals surface area contributed by atoms with Crippen LogP contribution in [0.4, 0.5) is 0 Å². The van der Waals surface area contributed by atoms with Crippen LogP contribution in [0.1, 0.15) is 32.8 Å². The first-order chi connectivity index (χ1) is 18.7. The van der Waals surface area contributed by atoms with E-state index in [-0.39, 0.29) is 27.2 Å². The Bertz CT molecular complexity index is 1850. The highest BCUT2D eigenvalue weighted by molar-refractivity contribution is 8.00. The molecule has 1 aliphatic rings. The summed E-state index contributed by atoms with van der Waals surface area (Å²) in [7, 11) is 3.16. The van der Waals surface area contributed by atoms with Gasteiger partial charge in [-0.25, -0.2) is 9.78 Å². The number of thioether (sulfide) groups is 1. The molecule has 9 nitrogen and oxygen atoms in total. The summed E-state index contributed by atoms with van der Waals surface area (Å²) in [4.78, 5) is 44.2. The van der Waals surface area contributed by atoms with Crippen molar-refractivity contribution >= 4 is 51.5 Å². The van der Waals surface area contributed by atoms with Crippen LogP contribution in [0.2, 0.25) is 5.22 Å². The van der Waals surface area contributed by atoms with Crippen LogP contribution in [-0.4, -0.2) is 36.4 Å². The zero-order valence-electron chi connectivity index (χ0n) is 21.3. The van der Waals surface area contributed by atoms with Gasteiger partial charge in [-0.1, -0.05) is 18.2 Å². The van der Waals surface area contributed by atoms with E-state index >= 15 is 0 Å². The fraction of sp³-hybridized carbons (Fsp3) is 0.259. The van der Waals surface area contributed by atoms with Gasteiger partial charge in [-0.05, 0) is 42.8 Å². The van der Waals surface area contributed by atoms with Crippen molar-refractivity contribution in [1.82, 2.24) is 24.0 Å². The molecule has 0 radical (unpaired) electrons. The van der Waals surface area contributed by atoms with Gasteiger partial charge in [0.05, 0.1) is 22.3 Å². The van der Waals surface area contributed by atoms with E-state index in [2.05, 4.69) is 9.88 Å². The van der Waals surface area contributed by atoms with Crippen LogP contribution in [0.5, 0.6) is 0 Å². The summed E-state index contributed by atoms with van der Waals surface area (Å²) in [5.41, 5.74) is 2.60. The van der Waals surface area contributed by atoms with Crippen molar-refractivity contribution in [2.45, 2.75) is 24.0 Å². The summed E-state index contributed by atoms with van der Waals surface area (Å²) in [6, 6.07) is 12.5. The number of benzene rings is 1. The summed E-state index contributed by atoms with van der Waals surface area (Å²) in [6.07, 6.45) is 0. The van der Waals surface area contributed by atoms with Crippen molar-refractivity contribution in [3.63, 3.8) is 0 Å². The molecule has 6 rings (SSSR count). The Labute approximate surface area is 236 Å². The second-order valence-corrected chi connectivity index (χ2v) is 12.1. The largest absolute Gasteiger partial charge is 0.448 e. The van der Waals surface area contributed by atoms with Crippen LogP contribution < -0.4 is 16.6 Å². The minimum absolute atomic E-state index is 0.0819. The van der Waals surface area contributed by atoms with Gasteiger partial charge in [0, 0.05) is 49.1 Å². The molecule has 1 amide bonds. The van der Waals surface area contributed by atoms with Crippen molar-refractivity contribution in [3.05, 3.63) is 96.6 Å². The second kappa shape index (κ2) is 9.89. The smallest absolute Gasteiger partial charge is 0.331 e. The molecular formula is C27H24ClN5O4S2. The minimum atomic E-state index is -0.416. The number of furan rings is 1. The average molecular weight is 582 g/mol. The number of hydrogen-bond donors (Lipinski definition) is 1. The van der Waals surface area contributed by atoms with Gasteiger partial charge in [0.15, 0.2) is 5.22 Å². The molecule has 5 heterocycles. The van der Waals surface area contributed by atoms with Crippen molar-refractivity contribution in [2.24, 2.45) is 14.1 Å². The predicted octanol–water partition coefficient (Wildman–Crippen LogP) is 4.35. The Morgan fingerprint density at radius 3 is 2.59 bits per heavy atom. The van der Waals surface area contributed by atoms with E-state index in [1.807, 2.05) is 30.5 Å². The number of carbonyl (C=O) groups excluding carboxylic acids is 1. The first-order valence-electron chi connectivity index (χ1n) is 12.2. The highest BCUT2D eigenvalue weighted by atomic mass is 35.5. The number of carbonyl (C=O) groups is 1. The van der Waals surface area contributed by atoms with Crippen LogP contribution >= 0.6 is 34.7 Å². The van der Waals surface area contributed by atoms with E-state index in [0.29, 0.717) is 46.0 Å².